The number of fused-ring (bicyclic) bond motifs is 1. The van der Waals surface area contributed by atoms with Crippen LogP contribution in [0.2, 0.25) is 0 Å². The predicted molar refractivity (Wildman–Crippen MR) is 150 cm³/mol. The highest BCUT2D eigenvalue weighted by Crippen LogP contribution is 2.45. The molecule has 3 aromatic rings. The summed E-state index contributed by atoms with van der Waals surface area (Å²) in [5, 5.41) is 5.59. The lowest BCUT2D eigenvalue weighted by molar-refractivity contribution is -0.141. The van der Waals surface area contributed by atoms with Crippen molar-refractivity contribution in [1.82, 2.24) is 15.2 Å². The molecule has 1 aromatic heterocycles. The standard InChI is InChI=1S/C30H28N4O4S/c1-20-27(29(36)38-18-22-7-4-3-5-8-22)28(23-9-6-10-25(15-23)37-2)34-24(19-39-30(34)33-20)16-26(35)32-17-21-11-13-31-14-12-21/h3-15,19,28H,16-18H2,1-2H3,(H,32,35). The Bertz CT molecular complexity index is 1450. The molecule has 1 atom stereocenters. The lowest BCUT2D eigenvalue weighted by Crippen LogP contribution is -2.38. The zero-order valence-electron chi connectivity index (χ0n) is 21.7. The number of ether oxygens (including phenoxy) is 2. The maximum atomic E-state index is 13.6. The first-order valence-corrected chi connectivity index (χ1v) is 13.4. The maximum absolute atomic E-state index is 13.6. The Morgan fingerprint density at radius 2 is 1.82 bits per heavy atom. The van der Waals surface area contributed by atoms with Crippen molar-refractivity contribution < 1.29 is 19.1 Å². The third-order valence-electron chi connectivity index (χ3n) is 6.42. The summed E-state index contributed by atoms with van der Waals surface area (Å²) < 4.78 is 11.2. The van der Waals surface area contributed by atoms with Crippen LogP contribution in [-0.2, 0) is 27.5 Å². The van der Waals surface area contributed by atoms with E-state index in [1.165, 1.54) is 11.8 Å². The molecule has 0 radical (unpaired) electrons. The molecule has 2 aliphatic heterocycles. The van der Waals surface area contributed by atoms with Crippen LogP contribution in [0.4, 0.5) is 0 Å². The number of allylic oxidation sites excluding steroid dienone is 1. The first-order chi connectivity index (χ1) is 19.0. The SMILES string of the molecule is COc1cccc(C2C(C(=O)OCc3ccccc3)=C(C)N=C3SC=C(CC(=O)NCc4ccncc4)N32)c1. The van der Waals surface area contributed by atoms with E-state index < -0.39 is 12.0 Å². The van der Waals surface area contributed by atoms with Crippen molar-refractivity contribution >= 4 is 28.8 Å². The number of methoxy groups -OCH3 is 1. The molecule has 0 bridgehead atoms. The third kappa shape index (κ3) is 6.04. The summed E-state index contributed by atoms with van der Waals surface area (Å²) in [7, 11) is 1.60. The number of esters is 1. The van der Waals surface area contributed by atoms with Gasteiger partial charge < -0.3 is 19.7 Å². The molecular formula is C30H28N4O4S. The topological polar surface area (TPSA) is 93.1 Å². The summed E-state index contributed by atoms with van der Waals surface area (Å²) in [6, 6.07) is 20.3. The lowest BCUT2D eigenvalue weighted by atomic mass is 9.93. The zero-order chi connectivity index (χ0) is 27.2. The lowest BCUT2D eigenvalue weighted by Gasteiger charge is -2.36. The van der Waals surface area contributed by atoms with E-state index in [1.807, 2.05) is 84.0 Å². The van der Waals surface area contributed by atoms with Gasteiger partial charge in [-0.1, -0.05) is 54.2 Å². The number of nitrogens with one attached hydrogen (secondary N) is 1. The summed E-state index contributed by atoms with van der Waals surface area (Å²) in [6.07, 6.45) is 3.52. The molecule has 9 heteroatoms. The number of aliphatic imine (C=N–C) groups is 1. The molecular weight excluding hydrogens is 512 g/mol. The van der Waals surface area contributed by atoms with Crippen LogP contribution in [0.1, 0.15) is 36.1 Å². The maximum Gasteiger partial charge on any atom is 0.338 e. The van der Waals surface area contributed by atoms with Gasteiger partial charge in [0.2, 0.25) is 5.91 Å². The first kappa shape index (κ1) is 26.2. The van der Waals surface area contributed by atoms with Crippen molar-refractivity contribution in [1.29, 1.82) is 0 Å². The van der Waals surface area contributed by atoms with Gasteiger partial charge in [-0.2, -0.15) is 0 Å². The summed E-state index contributed by atoms with van der Waals surface area (Å²) in [5.41, 5.74) is 4.44. The third-order valence-corrected chi connectivity index (χ3v) is 7.31. The summed E-state index contributed by atoms with van der Waals surface area (Å²) in [6.45, 7) is 2.36. The van der Waals surface area contributed by atoms with Crippen LogP contribution >= 0.6 is 11.8 Å². The average Bonchev–Trinajstić information content (AvgIpc) is 3.36. The molecule has 3 heterocycles. The van der Waals surface area contributed by atoms with Gasteiger partial charge in [-0.25, -0.2) is 9.79 Å². The smallest absolute Gasteiger partial charge is 0.338 e. The molecule has 2 aliphatic rings. The Balaban J connectivity index is 1.42. The van der Waals surface area contributed by atoms with Crippen molar-refractivity contribution in [2.24, 2.45) is 4.99 Å². The predicted octanol–water partition coefficient (Wildman–Crippen LogP) is 5.12. The largest absolute Gasteiger partial charge is 0.497 e. The number of aromatic nitrogens is 1. The molecule has 0 saturated heterocycles. The quantitative estimate of drug-likeness (QED) is 0.377. The van der Waals surface area contributed by atoms with E-state index in [0.717, 1.165) is 22.4 Å². The Morgan fingerprint density at radius 1 is 1.03 bits per heavy atom. The molecule has 0 fully saturated rings. The Labute approximate surface area is 231 Å². The minimum absolute atomic E-state index is 0.128. The summed E-state index contributed by atoms with van der Waals surface area (Å²) in [5.74, 6) is 0.0767. The van der Waals surface area contributed by atoms with E-state index in [-0.39, 0.29) is 18.9 Å². The number of rotatable bonds is 9. The van der Waals surface area contributed by atoms with Gasteiger partial charge in [0.1, 0.15) is 12.4 Å². The molecule has 0 saturated carbocycles. The van der Waals surface area contributed by atoms with Crippen LogP contribution in [0.25, 0.3) is 0 Å². The van der Waals surface area contributed by atoms with E-state index in [9.17, 15) is 9.59 Å². The minimum atomic E-state index is -0.537. The van der Waals surface area contributed by atoms with Crippen molar-refractivity contribution in [2.45, 2.75) is 32.5 Å². The van der Waals surface area contributed by atoms with Gasteiger partial charge in [-0.3, -0.25) is 9.78 Å². The minimum Gasteiger partial charge on any atom is -0.497 e. The van der Waals surface area contributed by atoms with Crippen LogP contribution in [0.3, 0.4) is 0 Å². The van der Waals surface area contributed by atoms with Gasteiger partial charge in [0.25, 0.3) is 0 Å². The number of benzene rings is 2. The molecule has 1 N–H and O–H groups in total. The fourth-order valence-electron chi connectivity index (χ4n) is 4.49. The van der Waals surface area contributed by atoms with Crippen molar-refractivity contribution in [3.63, 3.8) is 0 Å². The number of amides is 1. The highest BCUT2D eigenvalue weighted by atomic mass is 32.2. The number of hydrogen-bond donors (Lipinski definition) is 1. The van der Waals surface area contributed by atoms with Gasteiger partial charge >= 0.3 is 5.97 Å². The number of carbonyl (C=O) groups is 2. The van der Waals surface area contributed by atoms with Crippen LogP contribution < -0.4 is 10.1 Å². The van der Waals surface area contributed by atoms with E-state index in [4.69, 9.17) is 14.5 Å². The van der Waals surface area contributed by atoms with Crippen molar-refractivity contribution in [3.8, 4) is 5.75 Å². The Morgan fingerprint density at radius 3 is 2.59 bits per heavy atom. The van der Waals surface area contributed by atoms with E-state index in [1.54, 1.807) is 19.5 Å². The summed E-state index contributed by atoms with van der Waals surface area (Å²) >= 11 is 1.44. The van der Waals surface area contributed by atoms with Gasteiger partial charge in [0.05, 0.1) is 30.8 Å². The summed E-state index contributed by atoms with van der Waals surface area (Å²) in [4.78, 5) is 37.2. The van der Waals surface area contributed by atoms with Crippen LogP contribution in [-0.4, -0.2) is 34.0 Å². The second kappa shape index (κ2) is 12.0. The van der Waals surface area contributed by atoms with Crippen LogP contribution in [0, 0.1) is 0 Å². The molecule has 8 nitrogen and oxygen atoms in total. The van der Waals surface area contributed by atoms with E-state index in [0.29, 0.717) is 28.7 Å². The van der Waals surface area contributed by atoms with Gasteiger partial charge in [-0.15, -0.1) is 0 Å². The van der Waals surface area contributed by atoms with Gasteiger partial charge in [0, 0.05) is 24.6 Å². The van der Waals surface area contributed by atoms with Crippen LogP contribution in [0.15, 0.2) is 106 Å². The zero-order valence-corrected chi connectivity index (χ0v) is 22.5. The number of pyridine rings is 1. The number of carbonyl (C=O) groups excluding carboxylic acids is 2. The van der Waals surface area contributed by atoms with Crippen LogP contribution in [0.5, 0.6) is 5.75 Å². The second-order valence-corrected chi connectivity index (χ2v) is 9.88. The number of thioether (sulfide) groups is 1. The first-order valence-electron chi connectivity index (χ1n) is 12.5. The number of nitrogens with zero attached hydrogens (tertiary/aromatic N) is 3. The Kier molecular flexibility index (Phi) is 8.07. The number of amidine groups is 1. The monoisotopic (exact) mass is 540 g/mol. The molecule has 1 unspecified atom stereocenters. The molecule has 2 aromatic carbocycles. The van der Waals surface area contributed by atoms with Crippen molar-refractivity contribution in [2.75, 3.05) is 7.11 Å². The highest BCUT2D eigenvalue weighted by Gasteiger charge is 2.41. The normalized spacial score (nSPS) is 16.3. The average molecular weight is 541 g/mol. The van der Waals surface area contributed by atoms with Gasteiger partial charge in [-0.05, 0) is 53.3 Å². The molecule has 0 spiro atoms. The fraction of sp³-hybridized carbons (Fsp3) is 0.200. The van der Waals surface area contributed by atoms with Gasteiger partial charge in [0.15, 0.2) is 5.17 Å². The van der Waals surface area contributed by atoms with E-state index in [2.05, 4.69) is 10.3 Å². The second-order valence-electron chi connectivity index (χ2n) is 9.04. The van der Waals surface area contributed by atoms with Crippen molar-refractivity contribution in [3.05, 3.63) is 118 Å². The molecule has 5 rings (SSSR count). The molecule has 198 valence electrons. The Hall–Kier alpha value is -4.37. The highest BCUT2D eigenvalue weighted by molar-refractivity contribution is 8.16. The molecule has 39 heavy (non-hydrogen) atoms. The fourth-order valence-corrected chi connectivity index (χ4v) is 5.45. The number of hydrogen-bond acceptors (Lipinski definition) is 8. The molecule has 0 aliphatic carbocycles. The van der Waals surface area contributed by atoms with E-state index >= 15 is 0 Å². The molecule has 1 amide bonds.